The van der Waals surface area contributed by atoms with E-state index in [4.69, 9.17) is 5.11 Å². The van der Waals surface area contributed by atoms with Crippen molar-refractivity contribution < 1.29 is 18.7 Å². The lowest BCUT2D eigenvalue weighted by Crippen LogP contribution is -1.97. The predicted octanol–water partition coefficient (Wildman–Crippen LogP) is 3.64. The van der Waals surface area contributed by atoms with Crippen molar-refractivity contribution in [3.8, 4) is 11.1 Å². The second kappa shape index (κ2) is 4.56. The second-order valence-corrected chi connectivity index (χ2v) is 3.99. The Hall–Kier alpha value is -2.23. The first-order valence-corrected chi connectivity index (χ1v) is 5.28. The van der Waals surface area contributed by atoms with Crippen molar-refractivity contribution in [2.75, 3.05) is 0 Å². The summed E-state index contributed by atoms with van der Waals surface area (Å²) in [5, 5.41) is 8.84. The van der Waals surface area contributed by atoms with Gasteiger partial charge < -0.3 is 5.11 Å². The average molecular weight is 248 g/mol. The van der Waals surface area contributed by atoms with Gasteiger partial charge in [-0.2, -0.15) is 0 Å². The standard InChI is InChI=1S/C14H10F2O2/c1-8-4-9(14(17)18)2-3-13(8)10-5-11(15)7-12(16)6-10/h2-7H,1H3,(H,17,18). The topological polar surface area (TPSA) is 37.3 Å². The molecule has 0 radical (unpaired) electrons. The highest BCUT2D eigenvalue weighted by Gasteiger charge is 2.09. The molecule has 0 aliphatic carbocycles. The number of benzene rings is 2. The number of carbonyl (C=O) groups is 1. The lowest BCUT2D eigenvalue weighted by Gasteiger charge is -2.07. The third kappa shape index (κ3) is 2.37. The number of aryl methyl sites for hydroxylation is 1. The summed E-state index contributed by atoms with van der Waals surface area (Å²) in [5.74, 6) is -2.35. The van der Waals surface area contributed by atoms with Gasteiger partial charge in [-0.05, 0) is 47.9 Å². The van der Waals surface area contributed by atoms with Crippen LogP contribution in [0.4, 0.5) is 8.78 Å². The average Bonchev–Trinajstić information content (AvgIpc) is 2.27. The summed E-state index contributed by atoms with van der Waals surface area (Å²) in [4.78, 5) is 10.8. The van der Waals surface area contributed by atoms with Crippen LogP contribution in [-0.2, 0) is 0 Å². The van der Waals surface area contributed by atoms with Crippen LogP contribution in [0.3, 0.4) is 0 Å². The number of hydrogen-bond acceptors (Lipinski definition) is 1. The lowest BCUT2D eigenvalue weighted by atomic mass is 9.98. The van der Waals surface area contributed by atoms with Crippen LogP contribution in [0.15, 0.2) is 36.4 Å². The second-order valence-electron chi connectivity index (χ2n) is 3.99. The summed E-state index contributed by atoms with van der Waals surface area (Å²) < 4.78 is 26.2. The molecule has 0 aliphatic rings. The minimum absolute atomic E-state index is 0.146. The van der Waals surface area contributed by atoms with Crippen LogP contribution in [0.2, 0.25) is 0 Å². The molecule has 18 heavy (non-hydrogen) atoms. The van der Waals surface area contributed by atoms with Gasteiger partial charge in [-0.15, -0.1) is 0 Å². The maximum atomic E-state index is 13.1. The molecule has 1 N–H and O–H groups in total. The third-order valence-electron chi connectivity index (χ3n) is 2.65. The van der Waals surface area contributed by atoms with Crippen molar-refractivity contribution in [1.82, 2.24) is 0 Å². The van der Waals surface area contributed by atoms with Crippen molar-refractivity contribution in [2.45, 2.75) is 6.92 Å². The third-order valence-corrected chi connectivity index (χ3v) is 2.65. The van der Waals surface area contributed by atoms with E-state index in [-0.39, 0.29) is 5.56 Å². The van der Waals surface area contributed by atoms with Gasteiger partial charge in [0.25, 0.3) is 0 Å². The van der Waals surface area contributed by atoms with E-state index in [1.54, 1.807) is 13.0 Å². The van der Waals surface area contributed by atoms with Gasteiger partial charge in [0.15, 0.2) is 0 Å². The van der Waals surface area contributed by atoms with Gasteiger partial charge in [-0.25, -0.2) is 13.6 Å². The molecule has 2 aromatic carbocycles. The predicted molar refractivity (Wildman–Crippen MR) is 63.5 cm³/mol. The molecule has 0 aliphatic heterocycles. The quantitative estimate of drug-likeness (QED) is 0.880. The molecule has 0 atom stereocenters. The highest BCUT2D eigenvalue weighted by molar-refractivity contribution is 5.89. The maximum absolute atomic E-state index is 13.1. The SMILES string of the molecule is Cc1cc(C(=O)O)ccc1-c1cc(F)cc(F)c1. The fourth-order valence-corrected chi connectivity index (χ4v) is 1.83. The molecular weight excluding hydrogens is 238 g/mol. The summed E-state index contributed by atoms with van der Waals surface area (Å²) in [6.07, 6.45) is 0. The lowest BCUT2D eigenvalue weighted by molar-refractivity contribution is 0.0697. The molecule has 0 unspecified atom stereocenters. The Morgan fingerprint density at radius 1 is 1.06 bits per heavy atom. The van der Waals surface area contributed by atoms with E-state index >= 15 is 0 Å². The fraction of sp³-hybridized carbons (Fsp3) is 0.0714. The first-order chi connectivity index (χ1) is 8.47. The van der Waals surface area contributed by atoms with E-state index in [2.05, 4.69) is 0 Å². The molecule has 0 amide bonds. The van der Waals surface area contributed by atoms with E-state index in [0.29, 0.717) is 16.7 Å². The minimum atomic E-state index is -1.03. The highest BCUT2D eigenvalue weighted by Crippen LogP contribution is 2.25. The highest BCUT2D eigenvalue weighted by atomic mass is 19.1. The molecule has 92 valence electrons. The molecular formula is C14H10F2O2. The van der Waals surface area contributed by atoms with Crippen LogP contribution in [0, 0.1) is 18.6 Å². The number of aromatic carboxylic acids is 1. The van der Waals surface area contributed by atoms with E-state index in [1.807, 2.05) is 0 Å². The molecule has 0 bridgehead atoms. The molecule has 0 spiro atoms. The zero-order valence-electron chi connectivity index (χ0n) is 9.58. The number of hydrogen-bond donors (Lipinski definition) is 1. The van der Waals surface area contributed by atoms with Crippen LogP contribution in [0.5, 0.6) is 0 Å². The first-order valence-electron chi connectivity index (χ1n) is 5.28. The van der Waals surface area contributed by atoms with Crippen LogP contribution in [0.1, 0.15) is 15.9 Å². The number of halogens is 2. The van der Waals surface area contributed by atoms with Crippen LogP contribution < -0.4 is 0 Å². The van der Waals surface area contributed by atoms with Gasteiger partial charge in [0.05, 0.1) is 5.56 Å². The Kier molecular flexibility index (Phi) is 3.10. The van der Waals surface area contributed by atoms with Gasteiger partial charge in [0, 0.05) is 6.07 Å². The summed E-state index contributed by atoms with van der Waals surface area (Å²) >= 11 is 0. The van der Waals surface area contributed by atoms with E-state index in [0.717, 1.165) is 6.07 Å². The molecule has 0 heterocycles. The molecule has 2 aromatic rings. The van der Waals surface area contributed by atoms with Crippen molar-refractivity contribution in [1.29, 1.82) is 0 Å². The molecule has 0 aromatic heterocycles. The Balaban J connectivity index is 2.54. The number of rotatable bonds is 2. The van der Waals surface area contributed by atoms with Crippen molar-refractivity contribution in [3.05, 3.63) is 59.2 Å². The zero-order valence-corrected chi connectivity index (χ0v) is 9.58. The largest absolute Gasteiger partial charge is 0.478 e. The summed E-state index contributed by atoms with van der Waals surface area (Å²) in [6, 6.07) is 7.66. The zero-order chi connectivity index (χ0) is 13.3. The van der Waals surface area contributed by atoms with Crippen molar-refractivity contribution in [2.24, 2.45) is 0 Å². The van der Waals surface area contributed by atoms with Gasteiger partial charge in [0.1, 0.15) is 11.6 Å². The molecule has 0 saturated carbocycles. The van der Waals surface area contributed by atoms with Gasteiger partial charge in [-0.1, -0.05) is 6.07 Å². The Morgan fingerprint density at radius 3 is 2.17 bits per heavy atom. The van der Waals surface area contributed by atoms with Crippen LogP contribution in [-0.4, -0.2) is 11.1 Å². The molecule has 4 heteroatoms. The first kappa shape index (κ1) is 12.2. The van der Waals surface area contributed by atoms with E-state index in [9.17, 15) is 13.6 Å². The Labute approximate surface area is 103 Å². The van der Waals surface area contributed by atoms with Crippen molar-refractivity contribution >= 4 is 5.97 Å². The monoisotopic (exact) mass is 248 g/mol. The van der Waals surface area contributed by atoms with Crippen LogP contribution >= 0.6 is 0 Å². The van der Waals surface area contributed by atoms with E-state index < -0.39 is 17.6 Å². The Bertz CT molecular complexity index is 601. The summed E-state index contributed by atoms with van der Waals surface area (Å²) in [5.41, 5.74) is 1.80. The van der Waals surface area contributed by atoms with Crippen LogP contribution in [0.25, 0.3) is 11.1 Å². The van der Waals surface area contributed by atoms with Crippen molar-refractivity contribution in [3.63, 3.8) is 0 Å². The van der Waals surface area contributed by atoms with Gasteiger partial charge in [0.2, 0.25) is 0 Å². The number of carboxylic acid groups (broad SMARTS) is 1. The normalized spacial score (nSPS) is 10.4. The summed E-state index contributed by atoms with van der Waals surface area (Å²) in [7, 11) is 0. The minimum Gasteiger partial charge on any atom is -0.478 e. The smallest absolute Gasteiger partial charge is 0.335 e. The molecule has 0 saturated heterocycles. The number of carboxylic acids is 1. The molecule has 2 nitrogen and oxygen atoms in total. The summed E-state index contributed by atoms with van der Waals surface area (Å²) in [6.45, 7) is 1.70. The Morgan fingerprint density at radius 2 is 1.67 bits per heavy atom. The molecule has 0 fully saturated rings. The van der Waals surface area contributed by atoms with E-state index in [1.165, 1.54) is 24.3 Å². The molecule has 2 rings (SSSR count). The van der Waals surface area contributed by atoms with Gasteiger partial charge in [-0.3, -0.25) is 0 Å². The van der Waals surface area contributed by atoms with Gasteiger partial charge >= 0.3 is 5.97 Å². The maximum Gasteiger partial charge on any atom is 0.335 e. The fourth-order valence-electron chi connectivity index (χ4n) is 1.83.